The third kappa shape index (κ3) is 2.69. The zero-order valence-electron chi connectivity index (χ0n) is 8.68. The zero-order valence-corrected chi connectivity index (χ0v) is 11.0. The number of hydrogen-bond donors (Lipinski definition) is 0. The van der Waals surface area contributed by atoms with E-state index >= 15 is 0 Å². The van der Waals surface area contributed by atoms with Crippen molar-refractivity contribution in [1.82, 2.24) is 9.97 Å². The molecule has 2 heterocycles. The second-order valence-electron chi connectivity index (χ2n) is 3.35. The predicted octanol–water partition coefficient (Wildman–Crippen LogP) is 1.23. The summed E-state index contributed by atoms with van der Waals surface area (Å²) < 4.78 is 32.9. The molecule has 1 aromatic heterocycles. The number of aromatic nitrogens is 2. The summed E-state index contributed by atoms with van der Waals surface area (Å²) in [6.45, 7) is 0.816. The summed E-state index contributed by atoms with van der Waals surface area (Å²) in [6, 6.07) is 0. The highest BCUT2D eigenvalue weighted by Gasteiger charge is 2.27. The quantitative estimate of drug-likeness (QED) is 0.604. The van der Waals surface area contributed by atoms with Crippen LogP contribution in [0.15, 0.2) is 5.16 Å². The van der Waals surface area contributed by atoms with Gasteiger partial charge >= 0.3 is 0 Å². The highest BCUT2D eigenvalue weighted by molar-refractivity contribution is 7.90. The van der Waals surface area contributed by atoms with E-state index in [1.54, 1.807) is 0 Å². The first-order chi connectivity index (χ1) is 7.89. The summed E-state index contributed by atoms with van der Waals surface area (Å²) in [5, 5.41) is -0.594. The first-order valence-corrected chi connectivity index (χ1v) is 7.20. The molecule has 17 heavy (non-hydrogen) atoms. The molecule has 0 unspecified atom stereocenters. The molecule has 2 rings (SSSR count). The Balaban J connectivity index is 2.49. The van der Waals surface area contributed by atoms with E-state index in [4.69, 9.17) is 32.7 Å². The van der Waals surface area contributed by atoms with Gasteiger partial charge in [-0.15, -0.1) is 0 Å². The van der Waals surface area contributed by atoms with Gasteiger partial charge < -0.3 is 9.47 Å². The van der Waals surface area contributed by atoms with Crippen LogP contribution in [-0.4, -0.2) is 37.9 Å². The average Bonchev–Trinajstić information content (AvgIpc) is 2.68. The molecule has 1 saturated heterocycles. The number of halogens is 2. The van der Waals surface area contributed by atoms with Gasteiger partial charge in [-0.2, -0.15) is 0 Å². The Morgan fingerprint density at radius 2 is 1.65 bits per heavy atom. The van der Waals surface area contributed by atoms with Crippen LogP contribution in [0.1, 0.15) is 11.9 Å². The average molecular weight is 299 g/mol. The minimum Gasteiger partial charge on any atom is -0.346 e. The lowest BCUT2D eigenvalue weighted by atomic mass is 10.3. The Bertz CT molecular complexity index is 519. The van der Waals surface area contributed by atoms with Crippen molar-refractivity contribution in [3.05, 3.63) is 15.9 Å². The van der Waals surface area contributed by atoms with E-state index in [9.17, 15) is 8.42 Å². The number of rotatable bonds is 2. The Morgan fingerprint density at radius 3 is 2.06 bits per heavy atom. The van der Waals surface area contributed by atoms with Crippen LogP contribution in [0.2, 0.25) is 10.3 Å². The lowest BCUT2D eigenvalue weighted by Gasteiger charge is -2.12. The molecule has 9 heteroatoms. The van der Waals surface area contributed by atoms with Gasteiger partial charge in [0.15, 0.2) is 6.29 Å². The maximum absolute atomic E-state index is 11.3. The van der Waals surface area contributed by atoms with E-state index in [2.05, 4.69) is 9.97 Å². The topological polar surface area (TPSA) is 78.4 Å². The van der Waals surface area contributed by atoms with Gasteiger partial charge in [0.2, 0.25) is 15.0 Å². The number of nitrogens with zero attached hydrogens (tertiary/aromatic N) is 2. The minimum atomic E-state index is -3.56. The van der Waals surface area contributed by atoms with Gasteiger partial charge in [0, 0.05) is 6.26 Å². The molecule has 0 N–H and O–H groups in total. The van der Waals surface area contributed by atoms with Gasteiger partial charge in [0.05, 0.1) is 18.8 Å². The number of sulfone groups is 1. The van der Waals surface area contributed by atoms with Crippen molar-refractivity contribution < 1.29 is 17.9 Å². The fraction of sp³-hybridized carbons (Fsp3) is 0.500. The molecule has 0 atom stereocenters. The van der Waals surface area contributed by atoms with Gasteiger partial charge in [0.1, 0.15) is 10.3 Å². The highest BCUT2D eigenvalue weighted by Crippen LogP contribution is 2.33. The van der Waals surface area contributed by atoms with Gasteiger partial charge in [-0.25, -0.2) is 18.4 Å². The van der Waals surface area contributed by atoms with E-state index in [1.165, 1.54) is 0 Å². The highest BCUT2D eigenvalue weighted by atomic mass is 35.5. The Morgan fingerprint density at radius 1 is 1.18 bits per heavy atom. The third-order valence-electron chi connectivity index (χ3n) is 2.02. The molecule has 0 amide bonds. The second kappa shape index (κ2) is 4.66. The van der Waals surface area contributed by atoms with Crippen molar-refractivity contribution in [1.29, 1.82) is 0 Å². The predicted molar refractivity (Wildman–Crippen MR) is 59.8 cm³/mol. The lowest BCUT2D eigenvalue weighted by Crippen LogP contribution is -2.09. The SMILES string of the molecule is CS(=O)(=O)c1nc(Cl)c(C2OCCO2)c(Cl)n1. The molecular weight excluding hydrogens is 291 g/mol. The molecular formula is C8H8Cl2N2O4S. The lowest BCUT2D eigenvalue weighted by molar-refractivity contribution is -0.0445. The Kier molecular flexibility index (Phi) is 3.55. The molecule has 6 nitrogen and oxygen atoms in total. The van der Waals surface area contributed by atoms with Crippen LogP contribution in [0.4, 0.5) is 0 Å². The standard InChI is InChI=1S/C8H8Cl2N2O4S/c1-17(13,14)8-11-5(9)4(6(10)12-8)7-15-2-3-16-7/h7H,2-3H2,1H3. The molecule has 0 bridgehead atoms. The van der Waals surface area contributed by atoms with E-state index < -0.39 is 21.3 Å². The first kappa shape index (κ1) is 13.0. The second-order valence-corrected chi connectivity index (χ2v) is 5.97. The summed E-state index contributed by atoms with van der Waals surface area (Å²) in [5.41, 5.74) is 0.248. The van der Waals surface area contributed by atoms with Crippen LogP contribution >= 0.6 is 23.2 Å². The minimum absolute atomic E-state index is 0.0858. The molecule has 0 spiro atoms. The summed E-state index contributed by atoms with van der Waals surface area (Å²) in [5.74, 6) is 0. The van der Waals surface area contributed by atoms with E-state index in [0.29, 0.717) is 13.2 Å². The van der Waals surface area contributed by atoms with Crippen molar-refractivity contribution in [3.8, 4) is 0 Å². The normalized spacial score (nSPS) is 17.6. The Hall–Kier alpha value is -0.470. The van der Waals surface area contributed by atoms with Crippen LogP contribution in [-0.2, 0) is 19.3 Å². The molecule has 0 aromatic carbocycles. The van der Waals surface area contributed by atoms with Gasteiger partial charge in [-0.1, -0.05) is 23.2 Å². The van der Waals surface area contributed by atoms with E-state index in [-0.39, 0.29) is 15.9 Å². The molecule has 0 radical (unpaired) electrons. The van der Waals surface area contributed by atoms with Crippen molar-refractivity contribution in [2.75, 3.05) is 19.5 Å². The molecule has 0 saturated carbocycles. The number of hydrogen-bond acceptors (Lipinski definition) is 6. The Labute approximate surface area is 108 Å². The van der Waals surface area contributed by atoms with Gasteiger partial charge in [-0.05, 0) is 0 Å². The number of ether oxygens (including phenoxy) is 2. The van der Waals surface area contributed by atoms with Crippen LogP contribution in [0.3, 0.4) is 0 Å². The maximum atomic E-state index is 11.3. The molecule has 1 aliphatic rings. The molecule has 94 valence electrons. The van der Waals surface area contributed by atoms with Crippen molar-refractivity contribution in [3.63, 3.8) is 0 Å². The van der Waals surface area contributed by atoms with Crippen molar-refractivity contribution in [2.45, 2.75) is 11.4 Å². The first-order valence-electron chi connectivity index (χ1n) is 4.56. The largest absolute Gasteiger partial charge is 0.346 e. The summed E-state index contributed by atoms with van der Waals surface area (Å²) in [4.78, 5) is 7.34. The molecule has 1 fully saturated rings. The molecule has 1 aromatic rings. The fourth-order valence-corrected chi connectivity index (χ4v) is 2.46. The fourth-order valence-electron chi connectivity index (χ4n) is 1.28. The van der Waals surface area contributed by atoms with E-state index in [1.807, 2.05) is 0 Å². The van der Waals surface area contributed by atoms with Crippen LogP contribution in [0.5, 0.6) is 0 Å². The summed E-state index contributed by atoms with van der Waals surface area (Å²) in [6.07, 6.45) is 0.223. The van der Waals surface area contributed by atoms with Crippen LogP contribution in [0, 0.1) is 0 Å². The summed E-state index contributed by atoms with van der Waals surface area (Å²) >= 11 is 11.7. The zero-order chi connectivity index (χ0) is 12.6. The van der Waals surface area contributed by atoms with Crippen molar-refractivity contribution in [2.24, 2.45) is 0 Å². The van der Waals surface area contributed by atoms with Gasteiger partial charge in [-0.3, -0.25) is 0 Å². The van der Waals surface area contributed by atoms with Crippen LogP contribution in [0.25, 0.3) is 0 Å². The third-order valence-corrected chi connectivity index (χ3v) is 3.44. The van der Waals surface area contributed by atoms with Crippen molar-refractivity contribution >= 4 is 33.0 Å². The van der Waals surface area contributed by atoms with Gasteiger partial charge in [0.25, 0.3) is 0 Å². The monoisotopic (exact) mass is 298 g/mol. The van der Waals surface area contributed by atoms with E-state index in [0.717, 1.165) is 6.26 Å². The summed E-state index contributed by atoms with van der Waals surface area (Å²) in [7, 11) is -3.56. The smallest absolute Gasteiger partial charge is 0.249 e. The molecule has 1 aliphatic heterocycles. The molecule has 0 aliphatic carbocycles. The van der Waals surface area contributed by atoms with Crippen LogP contribution < -0.4 is 0 Å². The maximum Gasteiger partial charge on any atom is 0.249 e.